The van der Waals surface area contributed by atoms with Crippen molar-refractivity contribution in [3.63, 3.8) is 0 Å². The van der Waals surface area contributed by atoms with Crippen molar-refractivity contribution >= 4 is 0 Å². The second-order valence-corrected chi connectivity index (χ2v) is 7.77. The van der Waals surface area contributed by atoms with E-state index in [0.29, 0.717) is 26.1 Å². The van der Waals surface area contributed by atoms with Crippen molar-refractivity contribution in [2.24, 2.45) is 0 Å². The molecule has 0 aliphatic carbocycles. The van der Waals surface area contributed by atoms with Gasteiger partial charge in [-0.05, 0) is 48.2 Å². The largest absolute Gasteiger partial charge is 0.486 e. The minimum absolute atomic E-state index is 0.155. The zero-order valence-electron chi connectivity index (χ0n) is 16.9. The molecule has 29 heavy (non-hydrogen) atoms. The van der Waals surface area contributed by atoms with Gasteiger partial charge in [-0.25, -0.2) is 0 Å². The minimum atomic E-state index is -1.07. The molecule has 2 aromatic carbocycles. The summed E-state index contributed by atoms with van der Waals surface area (Å²) < 4.78 is 23.1. The SMILES string of the molecule is COC1(c2ccc(C)c(Cc3ccc4c(c3)OCCO4)c2)CC(O)CC(CO)O1. The lowest BCUT2D eigenvalue weighted by Crippen LogP contribution is -2.46. The number of aryl methyl sites for hydroxylation is 1. The summed E-state index contributed by atoms with van der Waals surface area (Å²) in [6.45, 7) is 3.06. The van der Waals surface area contributed by atoms with E-state index in [1.165, 1.54) is 0 Å². The van der Waals surface area contributed by atoms with Gasteiger partial charge in [0.2, 0.25) is 0 Å². The van der Waals surface area contributed by atoms with E-state index in [1.54, 1.807) is 7.11 Å². The van der Waals surface area contributed by atoms with Crippen molar-refractivity contribution in [2.75, 3.05) is 26.9 Å². The third kappa shape index (κ3) is 4.12. The summed E-state index contributed by atoms with van der Waals surface area (Å²) in [5.41, 5.74) is 4.26. The number of fused-ring (bicyclic) bond motifs is 1. The van der Waals surface area contributed by atoms with Crippen LogP contribution in [-0.4, -0.2) is 49.4 Å². The Kier molecular flexibility index (Phi) is 5.79. The highest BCUT2D eigenvalue weighted by Gasteiger charge is 2.43. The Balaban J connectivity index is 1.63. The van der Waals surface area contributed by atoms with Crippen molar-refractivity contribution < 1.29 is 29.2 Å². The van der Waals surface area contributed by atoms with Crippen molar-refractivity contribution in [3.05, 3.63) is 58.7 Å². The molecule has 2 aliphatic heterocycles. The predicted molar refractivity (Wildman–Crippen MR) is 107 cm³/mol. The topological polar surface area (TPSA) is 77.4 Å². The summed E-state index contributed by atoms with van der Waals surface area (Å²) in [5.74, 6) is 0.490. The maximum absolute atomic E-state index is 10.3. The Morgan fingerprint density at radius 1 is 1.10 bits per heavy atom. The fourth-order valence-corrected chi connectivity index (χ4v) is 4.13. The fourth-order valence-electron chi connectivity index (χ4n) is 4.13. The standard InChI is InChI=1S/C23H28O6/c1-15-3-5-18(23(26-2)13-19(25)12-20(14-24)29-23)11-17(15)9-16-4-6-21-22(10-16)28-8-7-27-21/h3-6,10-11,19-20,24-25H,7-9,12-14H2,1-2H3. The number of aliphatic hydroxyl groups is 2. The van der Waals surface area contributed by atoms with E-state index in [-0.39, 0.29) is 6.61 Å². The zero-order valence-corrected chi connectivity index (χ0v) is 16.9. The van der Waals surface area contributed by atoms with Gasteiger partial charge in [-0.1, -0.05) is 18.2 Å². The lowest BCUT2D eigenvalue weighted by molar-refractivity contribution is -0.298. The second-order valence-electron chi connectivity index (χ2n) is 7.77. The molecule has 2 heterocycles. The number of rotatable bonds is 5. The molecule has 0 bridgehead atoms. The Bertz CT molecular complexity index is 866. The van der Waals surface area contributed by atoms with Gasteiger partial charge in [0.15, 0.2) is 17.3 Å². The van der Waals surface area contributed by atoms with Gasteiger partial charge in [-0.15, -0.1) is 0 Å². The summed E-state index contributed by atoms with van der Waals surface area (Å²) >= 11 is 0. The molecule has 3 unspecified atom stereocenters. The van der Waals surface area contributed by atoms with Crippen LogP contribution in [0.2, 0.25) is 0 Å². The fraction of sp³-hybridized carbons (Fsp3) is 0.478. The molecule has 0 spiro atoms. The summed E-state index contributed by atoms with van der Waals surface area (Å²) in [6.07, 6.45) is 0.399. The first-order valence-electron chi connectivity index (χ1n) is 10.0. The summed E-state index contributed by atoms with van der Waals surface area (Å²) in [7, 11) is 1.58. The number of benzene rings is 2. The van der Waals surface area contributed by atoms with Gasteiger partial charge in [-0.2, -0.15) is 0 Å². The van der Waals surface area contributed by atoms with Crippen LogP contribution >= 0.6 is 0 Å². The molecule has 0 saturated carbocycles. The first kappa shape index (κ1) is 20.2. The molecule has 156 valence electrons. The van der Waals surface area contributed by atoms with Crippen molar-refractivity contribution in [2.45, 2.75) is 44.2 Å². The summed E-state index contributed by atoms with van der Waals surface area (Å²) in [6, 6.07) is 12.1. The van der Waals surface area contributed by atoms with E-state index in [1.807, 2.05) is 30.3 Å². The van der Waals surface area contributed by atoms with E-state index in [2.05, 4.69) is 13.0 Å². The predicted octanol–water partition coefficient (Wildman–Crippen LogP) is 2.69. The van der Waals surface area contributed by atoms with E-state index >= 15 is 0 Å². The molecular formula is C23H28O6. The van der Waals surface area contributed by atoms with Crippen LogP contribution in [0.15, 0.2) is 36.4 Å². The molecule has 3 atom stereocenters. The quantitative estimate of drug-likeness (QED) is 0.804. The molecule has 1 fully saturated rings. The van der Waals surface area contributed by atoms with Crippen molar-refractivity contribution in [1.29, 1.82) is 0 Å². The number of aliphatic hydroxyl groups excluding tert-OH is 2. The Hall–Kier alpha value is -2.12. The van der Waals surface area contributed by atoms with Crippen LogP contribution in [0, 0.1) is 6.92 Å². The normalized spacial score (nSPS) is 26.3. The van der Waals surface area contributed by atoms with Crippen LogP contribution in [-0.2, 0) is 21.7 Å². The molecule has 2 aliphatic rings. The number of hydrogen-bond acceptors (Lipinski definition) is 6. The molecule has 6 heteroatoms. The molecule has 4 rings (SSSR count). The average Bonchev–Trinajstić information content (AvgIpc) is 2.74. The monoisotopic (exact) mass is 400 g/mol. The summed E-state index contributed by atoms with van der Waals surface area (Å²) in [4.78, 5) is 0. The van der Waals surface area contributed by atoms with Crippen LogP contribution in [0.4, 0.5) is 0 Å². The van der Waals surface area contributed by atoms with E-state index in [0.717, 1.165) is 40.2 Å². The second kappa shape index (κ2) is 8.32. The molecule has 0 amide bonds. The first-order chi connectivity index (χ1) is 14.0. The Morgan fingerprint density at radius 2 is 1.90 bits per heavy atom. The van der Waals surface area contributed by atoms with Crippen molar-refractivity contribution in [1.82, 2.24) is 0 Å². The highest BCUT2D eigenvalue weighted by molar-refractivity contribution is 5.46. The van der Waals surface area contributed by atoms with Crippen LogP contribution < -0.4 is 9.47 Å². The van der Waals surface area contributed by atoms with Crippen LogP contribution in [0.5, 0.6) is 11.5 Å². The molecule has 6 nitrogen and oxygen atoms in total. The minimum Gasteiger partial charge on any atom is -0.486 e. The van der Waals surface area contributed by atoms with Crippen LogP contribution in [0.3, 0.4) is 0 Å². The maximum atomic E-state index is 10.3. The van der Waals surface area contributed by atoms with Gasteiger partial charge in [0.05, 0.1) is 18.8 Å². The highest BCUT2D eigenvalue weighted by atomic mass is 16.7. The lowest BCUT2D eigenvalue weighted by atomic mass is 9.89. The smallest absolute Gasteiger partial charge is 0.197 e. The van der Waals surface area contributed by atoms with Gasteiger partial charge in [-0.3, -0.25) is 0 Å². The first-order valence-corrected chi connectivity index (χ1v) is 10.0. The van der Waals surface area contributed by atoms with Crippen molar-refractivity contribution in [3.8, 4) is 11.5 Å². The van der Waals surface area contributed by atoms with Gasteiger partial charge >= 0.3 is 0 Å². The Morgan fingerprint density at radius 3 is 2.66 bits per heavy atom. The highest BCUT2D eigenvalue weighted by Crippen LogP contribution is 2.39. The lowest BCUT2D eigenvalue weighted by Gasteiger charge is -2.42. The zero-order chi connectivity index (χ0) is 20.4. The molecule has 0 radical (unpaired) electrons. The molecule has 1 saturated heterocycles. The van der Waals surface area contributed by atoms with Gasteiger partial charge in [0, 0.05) is 25.5 Å². The average molecular weight is 400 g/mol. The summed E-state index contributed by atoms with van der Waals surface area (Å²) in [5, 5.41) is 19.9. The maximum Gasteiger partial charge on any atom is 0.197 e. The Labute approximate surface area is 171 Å². The number of ether oxygens (including phenoxy) is 4. The third-order valence-corrected chi connectivity index (χ3v) is 5.72. The molecule has 2 N–H and O–H groups in total. The van der Waals surface area contributed by atoms with Gasteiger partial charge in [0.1, 0.15) is 13.2 Å². The number of hydrogen-bond donors (Lipinski definition) is 2. The van der Waals surface area contributed by atoms with Gasteiger partial charge in [0.25, 0.3) is 0 Å². The third-order valence-electron chi connectivity index (χ3n) is 5.72. The van der Waals surface area contributed by atoms with E-state index in [4.69, 9.17) is 18.9 Å². The van der Waals surface area contributed by atoms with E-state index in [9.17, 15) is 10.2 Å². The molecule has 2 aromatic rings. The van der Waals surface area contributed by atoms with E-state index < -0.39 is 18.0 Å². The molecular weight excluding hydrogens is 372 g/mol. The van der Waals surface area contributed by atoms with Crippen LogP contribution in [0.25, 0.3) is 0 Å². The van der Waals surface area contributed by atoms with Gasteiger partial charge < -0.3 is 29.2 Å². The number of methoxy groups -OCH3 is 1. The molecule has 0 aromatic heterocycles. The van der Waals surface area contributed by atoms with Crippen LogP contribution in [0.1, 0.15) is 35.1 Å².